The van der Waals surface area contributed by atoms with Crippen LogP contribution < -0.4 is 15.2 Å². The van der Waals surface area contributed by atoms with Gasteiger partial charge in [-0.15, -0.1) is 0 Å². The van der Waals surface area contributed by atoms with E-state index in [0.29, 0.717) is 10.8 Å². The molecule has 94 valence electrons. The van der Waals surface area contributed by atoms with Crippen molar-refractivity contribution in [2.75, 3.05) is 14.2 Å². The van der Waals surface area contributed by atoms with Gasteiger partial charge >= 0.3 is 0 Å². The Morgan fingerprint density at radius 1 is 1.35 bits per heavy atom. The number of methoxy groups -OCH3 is 2. The molecule has 3 nitrogen and oxygen atoms in total. The summed E-state index contributed by atoms with van der Waals surface area (Å²) in [6.45, 7) is 2.07. The van der Waals surface area contributed by atoms with E-state index >= 15 is 0 Å². The Labute approximate surface area is 107 Å². The maximum absolute atomic E-state index is 6.33. The third-order valence-electron chi connectivity index (χ3n) is 3.36. The number of hydrogen-bond acceptors (Lipinski definition) is 3. The summed E-state index contributed by atoms with van der Waals surface area (Å²) < 4.78 is 10.7. The second kappa shape index (κ2) is 4.39. The lowest BCUT2D eigenvalue weighted by atomic mass is 9.95. The molecule has 0 unspecified atom stereocenters. The Hall–Kier alpha value is -0.930. The molecule has 0 spiro atoms. The summed E-state index contributed by atoms with van der Waals surface area (Å²) in [5.41, 5.74) is 8.11. The predicted molar refractivity (Wildman–Crippen MR) is 69.0 cm³/mol. The highest BCUT2D eigenvalue weighted by molar-refractivity contribution is 6.32. The van der Waals surface area contributed by atoms with E-state index < -0.39 is 0 Å². The Bertz CT molecular complexity index is 442. The SMILES string of the molecule is CCc1c(OC)c(OC)cc(Cl)c1C1(N)CC1. The lowest BCUT2D eigenvalue weighted by Crippen LogP contribution is -2.22. The fourth-order valence-corrected chi connectivity index (χ4v) is 2.70. The zero-order valence-electron chi connectivity index (χ0n) is 10.5. The van der Waals surface area contributed by atoms with Gasteiger partial charge in [-0.2, -0.15) is 0 Å². The molecule has 1 aromatic carbocycles. The normalized spacial score (nSPS) is 16.8. The van der Waals surface area contributed by atoms with Crippen molar-refractivity contribution in [1.82, 2.24) is 0 Å². The molecular formula is C13H18ClNO2. The average Bonchev–Trinajstić information content (AvgIpc) is 3.06. The van der Waals surface area contributed by atoms with Crippen LogP contribution in [-0.2, 0) is 12.0 Å². The van der Waals surface area contributed by atoms with Crippen LogP contribution in [0.3, 0.4) is 0 Å². The molecule has 17 heavy (non-hydrogen) atoms. The second-order valence-corrected chi connectivity index (χ2v) is 4.86. The van der Waals surface area contributed by atoms with E-state index in [-0.39, 0.29) is 5.54 Å². The van der Waals surface area contributed by atoms with Crippen LogP contribution in [0.25, 0.3) is 0 Å². The molecule has 0 saturated heterocycles. The van der Waals surface area contributed by atoms with E-state index in [4.69, 9.17) is 26.8 Å². The summed E-state index contributed by atoms with van der Waals surface area (Å²) in [4.78, 5) is 0. The van der Waals surface area contributed by atoms with Crippen LogP contribution in [0.5, 0.6) is 11.5 Å². The van der Waals surface area contributed by atoms with Gasteiger partial charge in [0.15, 0.2) is 11.5 Å². The predicted octanol–water partition coefficient (Wildman–Crippen LogP) is 2.87. The third kappa shape index (κ3) is 1.98. The highest BCUT2D eigenvalue weighted by Gasteiger charge is 2.44. The van der Waals surface area contributed by atoms with Gasteiger partial charge in [-0.1, -0.05) is 18.5 Å². The van der Waals surface area contributed by atoms with Crippen molar-refractivity contribution in [3.8, 4) is 11.5 Å². The molecule has 2 N–H and O–H groups in total. The first-order valence-electron chi connectivity index (χ1n) is 5.80. The maximum Gasteiger partial charge on any atom is 0.164 e. The van der Waals surface area contributed by atoms with Gasteiger partial charge in [-0.3, -0.25) is 0 Å². The van der Waals surface area contributed by atoms with Gasteiger partial charge in [0.05, 0.1) is 14.2 Å². The van der Waals surface area contributed by atoms with E-state index in [0.717, 1.165) is 36.1 Å². The van der Waals surface area contributed by atoms with Crippen molar-refractivity contribution in [3.05, 3.63) is 22.2 Å². The molecule has 0 aliphatic heterocycles. The van der Waals surface area contributed by atoms with E-state index in [1.165, 1.54) is 0 Å². The quantitative estimate of drug-likeness (QED) is 0.900. The van der Waals surface area contributed by atoms with E-state index in [1.54, 1.807) is 20.3 Å². The van der Waals surface area contributed by atoms with Crippen molar-refractivity contribution in [2.45, 2.75) is 31.7 Å². The van der Waals surface area contributed by atoms with E-state index in [2.05, 4.69) is 6.92 Å². The van der Waals surface area contributed by atoms with Crippen LogP contribution in [0.4, 0.5) is 0 Å². The fourth-order valence-electron chi connectivity index (χ4n) is 2.29. The molecule has 1 aliphatic rings. The van der Waals surface area contributed by atoms with Crippen LogP contribution in [0, 0.1) is 0 Å². The van der Waals surface area contributed by atoms with E-state index in [1.807, 2.05) is 0 Å². The molecule has 4 heteroatoms. The van der Waals surface area contributed by atoms with Crippen molar-refractivity contribution in [3.63, 3.8) is 0 Å². The Balaban J connectivity index is 2.66. The number of halogens is 1. The topological polar surface area (TPSA) is 44.5 Å². The van der Waals surface area contributed by atoms with Crippen molar-refractivity contribution >= 4 is 11.6 Å². The molecule has 0 atom stereocenters. The number of rotatable bonds is 4. The Kier molecular flexibility index (Phi) is 3.23. The monoisotopic (exact) mass is 255 g/mol. The summed E-state index contributed by atoms with van der Waals surface area (Å²) in [5.74, 6) is 1.42. The smallest absolute Gasteiger partial charge is 0.164 e. The number of hydrogen-bond donors (Lipinski definition) is 1. The van der Waals surface area contributed by atoms with Crippen LogP contribution in [-0.4, -0.2) is 14.2 Å². The third-order valence-corrected chi connectivity index (χ3v) is 3.66. The zero-order chi connectivity index (χ0) is 12.6. The van der Waals surface area contributed by atoms with Crippen LogP contribution in [0.2, 0.25) is 5.02 Å². The molecule has 1 aliphatic carbocycles. The molecule has 1 aromatic rings. The van der Waals surface area contributed by atoms with Gasteiger partial charge < -0.3 is 15.2 Å². The first kappa shape index (κ1) is 12.5. The van der Waals surface area contributed by atoms with Crippen molar-refractivity contribution in [1.29, 1.82) is 0 Å². The molecule has 0 radical (unpaired) electrons. The fraction of sp³-hybridized carbons (Fsp3) is 0.538. The lowest BCUT2D eigenvalue weighted by molar-refractivity contribution is 0.351. The largest absolute Gasteiger partial charge is 0.493 e. The molecule has 0 amide bonds. The van der Waals surface area contributed by atoms with Gasteiger partial charge in [-0.05, 0) is 24.8 Å². The first-order chi connectivity index (χ1) is 8.07. The van der Waals surface area contributed by atoms with Crippen LogP contribution >= 0.6 is 11.6 Å². The molecule has 0 heterocycles. The Morgan fingerprint density at radius 2 is 2.00 bits per heavy atom. The first-order valence-corrected chi connectivity index (χ1v) is 6.18. The summed E-state index contributed by atoms with van der Waals surface area (Å²) in [7, 11) is 3.26. The lowest BCUT2D eigenvalue weighted by Gasteiger charge is -2.21. The number of ether oxygens (including phenoxy) is 2. The van der Waals surface area contributed by atoms with E-state index in [9.17, 15) is 0 Å². The second-order valence-electron chi connectivity index (χ2n) is 4.46. The Morgan fingerprint density at radius 3 is 2.41 bits per heavy atom. The molecule has 1 saturated carbocycles. The number of nitrogens with two attached hydrogens (primary N) is 1. The van der Waals surface area contributed by atoms with Crippen LogP contribution in [0.1, 0.15) is 30.9 Å². The van der Waals surface area contributed by atoms with Crippen LogP contribution in [0.15, 0.2) is 6.07 Å². The molecule has 2 rings (SSSR count). The van der Waals surface area contributed by atoms with Gasteiger partial charge in [0, 0.05) is 22.2 Å². The zero-order valence-corrected chi connectivity index (χ0v) is 11.2. The van der Waals surface area contributed by atoms with Gasteiger partial charge in [-0.25, -0.2) is 0 Å². The van der Waals surface area contributed by atoms with Gasteiger partial charge in [0.25, 0.3) is 0 Å². The van der Waals surface area contributed by atoms with Crippen molar-refractivity contribution < 1.29 is 9.47 Å². The minimum atomic E-state index is -0.262. The summed E-state index contributed by atoms with van der Waals surface area (Å²) in [6, 6.07) is 1.79. The highest BCUT2D eigenvalue weighted by atomic mass is 35.5. The highest BCUT2D eigenvalue weighted by Crippen LogP contribution is 2.51. The van der Waals surface area contributed by atoms with Gasteiger partial charge in [0.1, 0.15) is 0 Å². The minimum Gasteiger partial charge on any atom is -0.493 e. The molecule has 0 bridgehead atoms. The standard InChI is InChI=1S/C13H18ClNO2/c1-4-8-11(13(15)5-6-13)9(14)7-10(16-2)12(8)17-3/h7H,4-6,15H2,1-3H3. The summed E-state index contributed by atoms with van der Waals surface area (Å²) in [5, 5.41) is 0.680. The van der Waals surface area contributed by atoms with Crippen molar-refractivity contribution in [2.24, 2.45) is 5.73 Å². The number of benzene rings is 1. The molecular weight excluding hydrogens is 238 g/mol. The summed E-state index contributed by atoms with van der Waals surface area (Å²) in [6.07, 6.45) is 2.79. The van der Waals surface area contributed by atoms with Gasteiger partial charge in [0.2, 0.25) is 0 Å². The molecule has 1 fully saturated rings. The molecule has 0 aromatic heterocycles. The average molecular weight is 256 g/mol. The summed E-state index contributed by atoms with van der Waals surface area (Å²) >= 11 is 6.33. The minimum absolute atomic E-state index is 0.262. The maximum atomic E-state index is 6.33.